The zero-order valence-electron chi connectivity index (χ0n) is 20.6. The van der Waals surface area contributed by atoms with E-state index in [1.165, 1.54) is 18.3 Å². The lowest BCUT2D eigenvalue weighted by molar-refractivity contribution is 0.0733. The molecule has 0 atom stereocenters. The Labute approximate surface area is 235 Å². The number of benzene rings is 4. The number of nitrogens with zero attached hydrogens (tertiary/aromatic N) is 1. The van der Waals surface area contributed by atoms with Crippen LogP contribution in [-0.4, -0.2) is 29.9 Å². The van der Waals surface area contributed by atoms with E-state index in [2.05, 4.69) is 31.4 Å². The first-order chi connectivity index (χ1) is 19.5. The molecule has 5 aromatic rings. The molecular weight excluding hydrogens is 581 g/mol. The van der Waals surface area contributed by atoms with Gasteiger partial charge in [-0.15, -0.1) is 0 Å². The van der Waals surface area contributed by atoms with Crippen LogP contribution in [0.4, 0.5) is 4.39 Å². The summed E-state index contributed by atoms with van der Waals surface area (Å²) in [6, 6.07) is 23.3. The highest BCUT2D eigenvalue weighted by Crippen LogP contribution is 2.34. The van der Waals surface area contributed by atoms with Crippen LogP contribution in [-0.2, 0) is 0 Å². The normalized spacial score (nSPS) is 12.2. The first kappa shape index (κ1) is 25.3. The third-order valence-electron chi connectivity index (χ3n) is 6.20. The van der Waals surface area contributed by atoms with Crippen molar-refractivity contribution in [2.45, 2.75) is 0 Å². The molecule has 0 saturated heterocycles. The average molecular weight is 600 g/mol. The number of hydrogen-bond donors (Lipinski definition) is 2. The summed E-state index contributed by atoms with van der Waals surface area (Å²) in [5, 5.41) is 4.68. The Morgan fingerprint density at radius 2 is 1.80 bits per heavy atom. The molecule has 8 nitrogen and oxygen atoms in total. The van der Waals surface area contributed by atoms with Gasteiger partial charge < -0.3 is 19.2 Å². The molecule has 40 heavy (non-hydrogen) atoms. The molecule has 1 aliphatic rings. The largest absolute Gasteiger partial charge is 0.454 e. The van der Waals surface area contributed by atoms with Gasteiger partial charge in [-0.05, 0) is 60.2 Å². The topological polar surface area (TPSA) is 102 Å². The monoisotopic (exact) mass is 599 g/mol. The number of nitrogens with one attached hydrogen (secondary N) is 2. The van der Waals surface area contributed by atoms with Crippen LogP contribution in [0.3, 0.4) is 0 Å². The van der Waals surface area contributed by atoms with Crippen molar-refractivity contribution in [3.05, 3.63) is 112 Å². The van der Waals surface area contributed by atoms with Gasteiger partial charge in [0.15, 0.2) is 11.5 Å². The van der Waals surface area contributed by atoms with Crippen LogP contribution in [0.15, 0.2) is 94.5 Å². The van der Waals surface area contributed by atoms with E-state index in [9.17, 15) is 14.0 Å². The first-order valence-corrected chi connectivity index (χ1v) is 12.9. The lowest BCUT2D eigenvalue weighted by Gasteiger charge is -2.09. The van der Waals surface area contributed by atoms with Gasteiger partial charge in [-0.2, -0.15) is 5.10 Å². The summed E-state index contributed by atoms with van der Waals surface area (Å²) in [6.45, 7) is 0.0924. The molecule has 4 aromatic carbocycles. The molecule has 198 valence electrons. The highest BCUT2D eigenvalue weighted by atomic mass is 79.9. The van der Waals surface area contributed by atoms with E-state index in [1.54, 1.807) is 42.5 Å². The molecule has 0 radical (unpaired) electrons. The number of hydrogen-bond acceptors (Lipinski definition) is 6. The summed E-state index contributed by atoms with van der Waals surface area (Å²) in [4.78, 5) is 29.1. The summed E-state index contributed by atoms with van der Waals surface area (Å²) in [5.41, 5.74) is 5.38. The van der Waals surface area contributed by atoms with E-state index in [0.717, 1.165) is 5.56 Å². The number of carbonyl (C=O) groups excluding carboxylic acids is 2. The highest BCUT2D eigenvalue weighted by Gasteiger charge is 2.20. The van der Waals surface area contributed by atoms with E-state index in [0.29, 0.717) is 38.0 Å². The fourth-order valence-electron chi connectivity index (χ4n) is 4.35. The van der Waals surface area contributed by atoms with E-state index in [1.807, 2.05) is 30.3 Å². The number of H-pyrrole nitrogens is 1. The van der Waals surface area contributed by atoms with Crippen LogP contribution in [0.1, 0.15) is 26.4 Å². The summed E-state index contributed by atoms with van der Waals surface area (Å²) in [6.07, 6.45) is 1.37. The summed E-state index contributed by atoms with van der Waals surface area (Å²) >= 11 is 3.40. The smallest absolute Gasteiger partial charge is 0.343 e. The van der Waals surface area contributed by atoms with Gasteiger partial charge in [0.05, 0.1) is 11.8 Å². The number of fused-ring (bicyclic) bond motifs is 2. The predicted molar refractivity (Wildman–Crippen MR) is 150 cm³/mol. The van der Waals surface area contributed by atoms with Gasteiger partial charge in [-0.1, -0.05) is 46.3 Å². The lowest BCUT2D eigenvalue weighted by atomic mass is 10.0. The van der Waals surface area contributed by atoms with Gasteiger partial charge >= 0.3 is 5.97 Å². The molecular formula is C30H19BrFN3O5. The lowest BCUT2D eigenvalue weighted by Crippen LogP contribution is -2.19. The number of carbonyl (C=O) groups is 2. The zero-order valence-corrected chi connectivity index (χ0v) is 22.2. The van der Waals surface area contributed by atoms with Crippen molar-refractivity contribution in [3.8, 4) is 28.4 Å². The van der Waals surface area contributed by atoms with Gasteiger partial charge in [-0.25, -0.2) is 14.6 Å². The molecule has 1 amide bonds. The molecule has 0 aliphatic carbocycles. The minimum Gasteiger partial charge on any atom is -0.454 e. The molecule has 2 heterocycles. The van der Waals surface area contributed by atoms with Crippen molar-refractivity contribution in [1.82, 2.24) is 10.4 Å². The van der Waals surface area contributed by atoms with Crippen molar-refractivity contribution >= 4 is 44.9 Å². The SMILES string of the molecule is O=C(Oc1ccc(Br)cc1C=NNC(=O)c1[nH]c2ccc(F)cc2c1-c1ccccc1)c1ccc2c(c1)OCO2. The predicted octanol–water partition coefficient (Wildman–Crippen LogP) is 6.45. The van der Waals surface area contributed by atoms with Crippen LogP contribution in [0.25, 0.3) is 22.0 Å². The molecule has 10 heteroatoms. The minimum absolute atomic E-state index is 0.0924. The number of rotatable bonds is 6. The van der Waals surface area contributed by atoms with Gasteiger partial charge in [0.1, 0.15) is 17.3 Å². The third kappa shape index (κ3) is 5.04. The Morgan fingerprint density at radius 1 is 0.975 bits per heavy atom. The quantitative estimate of drug-likeness (QED) is 0.101. The Hall–Kier alpha value is -4.96. The first-order valence-electron chi connectivity index (χ1n) is 12.1. The Balaban J connectivity index is 1.25. The van der Waals surface area contributed by atoms with Gasteiger partial charge in [0.25, 0.3) is 5.91 Å². The Morgan fingerprint density at radius 3 is 2.65 bits per heavy atom. The number of esters is 1. The molecule has 0 fully saturated rings. The summed E-state index contributed by atoms with van der Waals surface area (Å²) in [5.74, 6) is -0.289. The van der Waals surface area contributed by atoms with Crippen LogP contribution >= 0.6 is 15.9 Å². The molecule has 1 aliphatic heterocycles. The second-order valence-corrected chi connectivity index (χ2v) is 9.69. The molecule has 6 rings (SSSR count). The second-order valence-electron chi connectivity index (χ2n) is 8.77. The molecule has 0 bridgehead atoms. The van der Waals surface area contributed by atoms with Crippen molar-refractivity contribution < 1.29 is 28.2 Å². The van der Waals surface area contributed by atoms with Gasteiger partial charge in [0, 0.05) is 26.5 Å². The minimum atomic E-state index is -0.600. The standard InChI is InChI=1S/C30H19BrFN3O5/c31-20-7-11-24(40-30(37)18-6-10-25-26(13-18)39-16-38-25)19(12-20)15-33-35-29(36)28-27(17-4-2-1-3-5-17)22-14-21(32)8-9-23(22)34-28/h1-15,34H,16H2,(H,35,36). The van der Waals surface area contributed by atoms with E-state index in [4.69, 9.17) is 14.2 Å². The fraction of sp³-hybridized carbons (Fsp3) is 0.0333. The van der Waals surface area contributed by atoms with Crippen LogP contribution < -0.4 is 19.6 Å². The Bertz CT molecular complexity index is 1800. The number of amides is 1. The van der Waals surface area contributed by atoms with Crippen molar-refractivity contribution in [2.75, 3.05) is 6.79 Å². The fourth-order valence-corrected chi connectivity index (χ4v) is 4.73. The number of ether oxygens (including phenoxy) is 3. The second kappa shape index (κ2) is 10.7. The van der Waals surface area contributed by atoms with Crippen LogP contribution in [0, 0.1) is 5.82 Å². The molecule has 0 unspecified atom stereocenters. The Kier molecular flexibility index (Phi) is 6.75. The number of halogens is 2. The third-order valence-corrected chi connectivity index (χ3v) is 6.70. The number of hydrazone groups is 1. The van der Waals surface area contributed by atoms with Crippen LogP contribution in [0.5, 0.6) is 17.2 Å². The number of aromatic nitrogens is 1. The maximum Gasteiger partial charge on any atom is 0.343 e. The van der Waals surface area contributed by atoms with Crippen molar-refractivity contribution in [1.29, 1.82) is 0 Å². The zero-order chi connectivity index (χ0) is 27.6. The van der Waals surface area contributed by atoms with Crippen molar-refractivity contribution in [2.24, 2.45) is 5.10 Å². The number of aromatic amines is 1. The van der Waals surface area contributed by atoms with E-state index in [-0.39, 0.29) is 23.8 Å². The molecule has 2 N–H and O–H groups in total. The summed E-state index contributed by atoms with van der Waals surface area (Å²) in [7, 11) is 0. The van der Waals surface area contributed by atoms with Crippen LogP contribution in [0.2, 0.25) is 0 Å². The van der Waals surface area contributed by atoms with Gasteiger partial charge in [0.2, 0.25) is 6.79 Å². The maximum absolute atomic E-state index is 14.1. The highest BCUT2D eigenvalue weighted by molar-refractivity contribution is 9.10. The maximum atomic E-state index is 14.1. The van der Waals surface area contributed by atoms with Crippen molar-refractivity contribution in [3.63, 3.8) is 0 Å². The molecule has 1 aromatic heterocycles. The van der Waals surface area contributed by atoms with E-state index >= 15 is 0 Å². The van der Waals surface area contributed by atoms with E-state index < -0.39 is 17.7 Å². The molecule has 0 saturated carbocycles. The summed E-state index contributed by atoms with van der Waals surface area (Å²) < 4.78 is 31.0. The average Bonchev–Trinajstić information content (AvgIpc) is 3.59. The molecule has 0 spiro atoms. The van der Waals surface area contributed by atoms with Gasteiger partial charge in [-0.3, -0.25) is 4.79 Å².